The molecular weight excluding hydrogens is 103 g/mol. The fraction of sp³-hybridized carbons (Fsp3) is 0.400. The number of thiocarbonyl (C=S) groups is 1. The summed E-state index contributed by atoms with van der Waals surface area (Å²) in [5.74, 6) is 0. The van der Waals surface area contributed by atoms with E-state index in [9.17, 15) is 0 Å². The molecule has 0 saturated heterocycles. The van der Waals surface area contributed by atoms with Gasteiger partial charge in [0.2, 0.25) is 0 Å². The van der Waals surface area contributed by atoms with Crippen molar-refractivity contribution in [1.29, 1.82) is 0 Å². The van der Waals surface area contributed by atoms with E-state index >= 15 is 0 Å². The molecule has 0 saturated carbocycles. The van der Waals surface area contributed by atoms with Gasteiger partial charge in [0.1, 0.15) is 7.28 Å². The predicted molar refractivity (Wildman–Crippen MR) is 40.6 cm³/mol. The molecule has 0 spiro atoms. The molecule has 0 fully saturated rings. The van der Waals surface area contributed by atoms with E-state index in [0.29, 0.717) is 0 Å². The van der Waals surface area contributed by atoms with Crippen LogP contribution in [-0.2, 0) is 0 Å². The van der Waals surface area contributed by atoms with Gasteiger partial charge in [-0.2, -0.15) is 0 Å². The van der Waals surface area contributed by atoms with Gasteiger partial charge in [-0.05, 0) is 0 Å². The van der Waals surface area contributed by atoms with Crippen molar-refractivity contribution in [2.24, 2.45) is 0 Å². The van der Waals surface area contributed by atoms with E-state index in [2.05, 4.69) is 25.1 Å². The van der Waals surface area contributed by atoms with Gasteiger partial charge >= 0.3 is 0 Å². The average Bonchev–Trinajstić information content (AvgIpc) is 1.69. The number of rotatable bonds is 3. The summed E-state index contributed by atoms with van der Waals surface area (Å²) in [5, 5.41) is 1.63. The number of hydrogen-bond donors (Lipinski definition) is 0. The molecule has 0 heterocycles. The zero-order chi connectivity index (χ0) is 5.54. The molecule has 0 aromatic rings. The molecule has 0 aromatic heterocycles. The van der Waals surface area contributed by atoms with Crippen LogP contribution in [0, 0.1) is 0 Å². The molecule has 0 nitrogen and oxygen atoms in total. The lowest BCUT2D eigenvalue weighted by molar-refractivity contribution is 1.69. The van der Waals surface area contributed by atoms with Crippen LogP contribution in [0.3, 0.4) is 0 Å². The van der Waals surface area contributed by atoms with Gasteiger partial charge in [-0.1, -0.05) is 37.5 Å². The molecule has 0 radical (unpaired) electrons. The summed E-state index contributed by atoms with van der Waals surface area (Å²) in [6, 6.07) is 0. The van der Waals surface area contributed by atoms with Crippen molar-refractivity contribution in [3.05, 3.63) is 12.2 Å². The van der Waals surface area contributed by atoms with Gasteiger partial charge in [0.25, 0.3) is 0 Å². The molecule has 0 aliphatic heterocycles. The Bertz CT molecular complexity index is 68.5. The summed E-state index contributed by atoms with van der Waals surface area (Å²) < 4.78 is 0. The first-order valence-electron chi connectivity index (χ1n) is 2.52. The van der Waals surface area contributed by atoms with Crippen LogP contribution in [0.4, 0.5) is 0 Å². The first-order chi connectivity index (χ1) is 3.41. The second-order valence-corrected chi connectivity index (χ2v) is 1.63. The first-order valence-corrected chi connectivity index (χ1v) is 2.99. The minimum atomic E-state index is 1.15. The Balaban J connectivity index is 2.92. The molecule has 7 heavy (non-hydrogen) atoms. The van der Waals surface area contributed by atoms with Crippen molar-refractivity contribution < 1.29 is 0 Å². The largest absolute Gasteiger partial charge is 0.121 e. The molecule has 0 amide bonds. The Morgan fingerprint density at radius 1 is 1.71 bits per heavy atom. The summed E-state index contributed by atoms with van der Waals surface area (Å²) in [7, 11) is 1.21. The topological polar surface area (TPSA) is 0 Å². The maximum atomic E-state index is 4.55. The minimum absolute atomic E-state index is 1.15. The second kappa shape index (κ2) is 5.89. The monoisotopic (exact) mass is 112 g/mol. The maximum Gasteiger partial charge on any atom is 0.121 e. The quantitative estimate of drug-likeness (QED) is 0.302. The molecule has 0 bridgehead atoms. The molecule has 0 aromatic carbocycles. The summed E-state index contributed by atoms with van der Waals surface area (Å²) in [4.78, 5) is 0. The Hall–Kier alpha value is -0.105. The van der Waals surface area contributed by atoms with E-state index in [4.69, 9.17) is 0 Å². The first kappa shape index (κ1) is 6.89. The van der Waals surface area contributed by atoms with Gasteiger partial charge in [0.05, 0.1) is 0 Å². The lowest BCUT2D eigenvalue weighted by Gasteiger charge is -1.74. The van der Waals surface area contributed by atoms with Crippen LogP contribution in [0.1, 0.15) is 0 Å². The third kappa shape index (κ3) is 5.89. The van der Waals surface area contributed by atoms with Crippen LogP contribution < -0.4 is 0 Å². The predicted octanol–water partition coefficient (Wildman–Crippen LogP) is 1.45. The van der Waals surface area contributed by atoms with Crippen LogP contribution in [0.15, 0.2) is 12.2 Å². The van der Waals surface area contributed by atoms with E-state index in [1.807, 2.05) is 6.08 Å². The fourth-order valence-corrected chi connectivity index (χ4v) is 0.430. The van der Waals surface area contributed by atoms with Crippen LogP contribution in [-0.4, -0.2) is 12.6 Å². The molecule has 38 valence electrons. The highest BCUT2D eigenvalue weighted by Gasteiger charge is 1.70. The van der Waals surface area contributed by atoms with Gasteiger partial charge in [0.15, 0.2) is 0 Å². The van der Waals surface area contributed by atoms with E-state index in [1.54, 1.807) is 5.37 Å². The minimum Gasteiger partial charge on any atom is -0.0912 e. The highest BCUT2D eigenvalue weighted by atomic mass is 32.1. The number of allylic oxidation sites excluding steroid dienone is 2. The lowest BCUT2D eigenvalue weighted by atomic mass is 9.78. The molecule has 0 N–H and O–H groups in total. The smallest absolute Gasteiger partial charge is 0.0912 e. The Kier molecular flexibility index (Phi) is 5.81. The van der Waals surface area contributed by atoms with Gasteiger partial charge < -0.3 is 0 Å². The van der Waals surface area contributed by atoms with Crippen molar-refractivity contribution in [2.45, 2.75) is 13.1 Å². The lowest BCUT2D eigenvalue weighted by Crippen LogP contribution is -1.72. The Morgan fingerprint density at radius 2 is 2.43 bits per heavy atom. The average molecular weight is 112 g/mol. The zero-order valence-corrected chi connectivity index (χ0v) is 5.37. The van der Waals surface area contributed by atoms with E-state index in [0.717, 1.165) is 6.32 Å². The highest BCUT2D eigenvalue weighted by molar-refractivity contribution is 7.79. The summed E-state index contributed by atoms with van der Waals surface area (Å²) in [6.45, 7) is 2.15. The zero-order valence-electron chi connectivity index (χ0n) is 4.55. The molecular formula is C5H9BS. The van der Waals surface area contributed by atoms with Crippen molar-refractivity contribution in [2.75, 3.05) is 0 Å². The van der Waals surface area contributed by atoms with E-state index in [-0.39, 0.29) is 0 Å². The van der Waals surface area contributed by atoms with Crippen LogP contribution in [0.5, 0.6) is 0 Å². The summed E-state index contributed by atoms with van der Waals surface area (Å²) in [5.41, 5.74) is 0. The van der Waals surface area contributed by atoms with Crippen molar-refractivity contribution in [3.8, 4) is 0 Å². The van der Waals surface area contributed by atoms with Crippen LogP contribution in [0.25, 0.3) is 0 Å². The van der Waals surface area contributed by atoms with E-state index in [1.165, 1.54) is 7.28 Å². The van der Waals surface area contributed by atoms with Gasteiger partial charge in [0, 0.05) is 5.37 Å². The maximum absolute atomic E-state index is 4.55. The van der Waals surface area contributed by atoms with Crippen molar-refractivity contribution >= 4 is 24.9 Å². The SMILES string of the molecule is CBCC=CC=S. The second-order valence-electron chi connectivity index (χ2n) is 1.35. The normalized spacial score (nSPS) is 9.29. The Morgan fingerprint density at radius 3 is 2.86 bits per heavy atom. The van der Waals surface area contributed by atoms with Crippen molar-refractivity contribution in [1.82, 2.24) is 0 Å². The van der Waals surface area contributed by atoms with Crippen molar-refractivity contribution in [3.63, 3.8) is 0 Å². The molecule has 0 unspecified atom stereocenters. The third-order valence-corrected chi connectivity index (χ3v) is 0.827. The van der Waals surface area contributed by atoms with Gasteiger partial charge in [-0.3, -0.25) is 0 Å². The standard InChI is InChI=1S/C5H9BS/c1-6-4-2-3-5-7/h2-3,5-6H,4H2,1H3. The van der Waals surface area contributed by atoms with Gasteiger partial charge in [-0.15, -0.1) is 0 Å². The van der Waals surface area contributed by atoms with E-state index < -0.39 is 0 Å². The molecule has 0 aliphatic carbocycles. The summed E-state index contributed by atoms with van der Waals surface area (Å²) in [6.07, 6.45) is 5.12. The molecule has 2 heteroatoms. The molecule has 0 rings (SSSR count). The van der Waals surface area contributed by atoms with Crippen LogP contribution in [0.2, 0.25) is 13.1 Å². The van der Waals surface area contributed by atoms with Crippen LogP contribution >= 0.6 is 12.2 Å². The number of hydrogen-bond acceptors (Lipinski definition) is 1. The fourth-order valence-electron chi connectivity index (χ4n) is 0.318. The third-order valence-electron chi connectivity index (χ3n) is 0.670. The molecule has 0 atom stereocenters. The molecule has 0 aliphatic rings. The Labute approximate surface area is 50.9 Å². The summed E-state index contributed by atoms with van der Waals surface area (Å²) >= 11 is 4.55. The van der Waals surface area contributed by atoms with Gasteiger partial charge in [-0.25, -0.2) is 0 Å². The highest BCUT2D eigenvalue weighted by Crippen LogP contribution is 1.78.